The number of nitrogens with zero attached hydrogens (tertiary/aromatic N) is 1. The minimum atomic E-state index is 0.409. The largest absolute Gasteiger partial charge is 0.383 e. The van der Waals surface area contributed by atoms with E-state index in [9.17, 15) is 4.79 Å². The van der Waals surface area contributed by atoms with Gasteiger partial charge in [-0.15, -0.1) is 0 Å². The second kappa shape index (κ2) is 6.40. The third kappa shape index (κ3) is 3.56. The fourth-order valence-electron chi connectivity index (χ4n) is 1.85. The number of hydrogen-bond acceptors (Lipinski definition) is 3. The summed E-state index contributed by atoms with van der Waals surface area (Å²) in [4.78, 5) is 13.0. The van der Waals surface area contributed by atoms with Gasteiger partial charge in [-0.2, -0.15) is 0 Å². The summed E-state index contributed by atoms with van der Waals surface area (Å²) >= 11 is 0. The van der Waals surface area contributed by atoms with E-state index in [0.29, 0.717) is 12.6 Å². The molecule has 0 saturated carbocycles. The molecule has 0 amide bonds. The molecule has 17 heavy (non-hydrogen) atoms. The van der Waals surface area contributed by atoms with E-state index in [0.717, 1.165) is 29.6 Å². The van der Waals surface area contributed by atoms with Gasteiger partial charge in [0.2, 0.25) is 0 Å². The maximum atomic E-state index is 10.8. The van der Waals surface area contributed by atoms with Crippen LogP contribution in [0.2, 0.25) is 0 Å². The number of aldehydes is 1. The predicted octanol–water partition coefficient (Wildman–Crippen LogP) is 2.67. The highest BCUT2D eigenvalue weighted by molar-refractivity contribution is 5.78. The number of hydrogen-bond donors (Lipinski definition) is 0. The molecule has 3 nitrogen and oxygen atoms in total. The molecule has 0 bridgehead atoms. The summed E-state index contributed by atoms with van der Waals surface area (Å²) in [7, 11) is 1.71. The molecule has 0 aliphatic carbocycles. The van der Waals surface area contributed by atoms with E-state index in [1.54, 1.807) is 7.11 Å². The first-order valence-electron chi connectivity index (χ1n) is 5.91. The van der Waals surface area contributed by atoms with Crippen molar-refractivity contribution in [2.24, 2.45) is 0 Å². The molecular formula is C14H21NO2. The number of rotatable bonds is 6. The first-order valence-corrected chi connectivity index (χ1v) is 5.91. The summed E-state index contributed by atoms with van der Waals surface area (Å²) in [5, 5.41) is 0. The summed E-state index contributed by atoms with van der Waals surface area (Å²) in [6.07, 6.45) is 0.897. The van der Waals surface area contributed by atoms with Gasteiger partial charge in [0.1, 0.15) is 6.29 Å². The molecule has 0 heterocycles. The van der Waals surface area contributed by atoms with Crippen LogP contribution in [-0.2, 0) is 4.74 Å². The predicted molar refractivity (Wildman–Crippen MR) is 70.9 cm³/mol. The Hall–Kier alpha value is -1.35. The lowest BCUT2D eigenvalue weighted by molar-refractivity contribution is 0.112. The van der Waals surface area contributed by atoms with Gasteiger partial charge < -0.3 is 9.64 Å². The van der Waals surface area contributed by atoms with Crippen LogP contribution in [0.3, 0.4) is 0 Å². The number of anilines is 1. The Labute approximate surface area is 103 Å². The van der Waals surface area contributed by atoms with Crippen molar-refractivity contribution in [3.05, 3.63) is 29.3 Å². The monoisotopic (exact) mass is 235 g/mol. The Bertz CT molecular complexity index is 374. The van der Waals surface area contributed by atoms with Gasteiger partial charge in [-0.25, -0.2) is 0 Å². The standard InChI is InChI=1S/C14H21NO2/c1-11(2)15(7-8-17-4)14-6-5-13(10-16)12(3)9-14/h5-6,9-11H,7-8H2,1-4H3. The normalized spacial score (nSPS) is 10.6. The molecule has 1 aromatic carbocycles. The highest BCUT2D eigenvalue weighted by Crippen LogP contribution is 2.20. The van der Waals surface area contributed by atoms with Gasteiger partial charge in [0.15, 0.2) is 0 Å². The van der Waals surface area contributed by atoms with Crippen molar-refractivity contribution in [1.82, 2.24) is 0 Å². The van der Waals surface area contributed by atoms with Crippen LogP contribution in [0.1, 0.15) is 29.8 Å². The molecule has 1 rings (SSSR count). The number of ether oxygens (including phenoxy) is 1. The lowest BCUT2D eigenvalue weighted by Gasteiger charge is -2.29. The van der Waals surface area contributed by atoms with Crippen molar-refractivity contribution in [3.63, 3.8) is 0 Å². The van der Waals surface area contributed by atoms with E-state index >= 15 is 0 Å². The average molecular weight is 235 g/mol. The molecule has 3 heteroatoms. The maximum absolute atomic E-state index is 10.8. The zero-order chi connectivity index (χ0) is 12.8. The minimum Gasteiger partial charge on any atom is -0.383 e. The second-order valence-electron chi connectivity index (χ2n) is 4.44. The van der Waals surface area contributed by atoms with Gasteiger partial charge in [0, 0.05) is 30.9 Å². The minimum absolute atomic E-state index is 0.409. The molecular weight excluding hydrogens is 214 g/mol. The Balaban J connectivity index is 2.94. The van der Waals surface area contributed by atoms with Crippen molar-refractivity contribution in [1.29, 1.82) is 0 Å². The number of methoxy groups -OCH3 is 1. The Kier molecular flexibility index (Phi) is 5.16. The summed E-state index contributed by atoms with van der Waals surface area (Å²) in [6.45, 7) is 7.82. The summed E-state index contributed by atoms with van der Waals surface area (Å²) < 4.78 is 5.12. The molecule has 94 valence electrons. The molecule has 0 aliphatic rings. The van der Waals surface area contributed by atoms with Crippen LogP contribution in [0.15, 0.2) is 18.2 Å². The van der Waals surface area contributed by atoms with E-state index in [1.165, 1.54) is 0 Å². The Morgan fingerprint density at radius 3 is 2.59 bits per heavy atom. The average Bonchev–Trinajstić information content (AvgIpc) is 2.29. The maximum Gasteiger partial charge on any atom is 0.150 e. The van der Waals surface area contributed by atoms with Crippen LogP contribution >= 0.6 is 0 Å². The zero-order valence-corrected chi connectivity index (χ0v) is 11.1. The van der Waals surface area contributed by atoms with Gasteiger partial charge in [-0.05, 0) is 44.5 Å². The van der Waals surface area contributed by atoms with Crippen LogP contribution in [0.25, 0.3) is 0 Å². The SMILES string of the molecule is COCCN(c1ccc(C=O)c(C)c1)C(C)C. The molecule has 0 radical (unpaired) electrons. The third-order valence-corrected chi connectivity index (χ3v) is 2.87. The van der Waals surface area contributed by atoms with Crippen LogP contribution in [0.5, 0.6) is 0 Å². The van der Waals surface area contributed by atoms with Crippen molar-refractivity contribution in [2.45, 2.75) is 26.8 Å². The van der Waals surface area contributed by atoms with E-state index in [-0.39, 0.29) is 0 Å². The van der Waals surface area contributed by atoms with E-state index in [1.807, 2.05) is 19.1 Å². The van der Waals surface area contributed by atoms with Crippen LogP contribution < -0.4 is 4.90 Å². The smallest absolute Gasteiger partial charge is 0.150 e. The number of aryl methyl sites for hydroxylation is 1. The van der Waals surface area contributed by atoms with Crippen molar-refractivity contribution in [2.75, 3.05) is 25.2 Å². The van der Waals surface area contributed by atoms with Crippen LogP contribution in [-0.4, -0.2) is 32.6 Å². The highest BCUT2D eigenvalue weighted by atomic mass is 16.5. The van der Waals surface area contributed by atoms with Crippen LogP contribution in [0.4, 0.5) is 5.69 Å². The quantitative estimate of drug-likeness (QED) is 0.710. The zero-order valence-electron chi connectivity index (χ0n) is 11.1. The summed E-state index contributed by atoms with van der Waals surface area (Å²) in [5.74, 6) is 0. The molecule has 0 saturated heterocycles. The molecule has 0 spiro atoms. The second-order valence-corrected chi connectivity index (χ2v) is 4.44. The van der Waals surface area contributed by atoms with Gasteiger partial charge in [0.25, 0.3) is 0 Å². The van der Waals surface area contributed by atoms with E-state index in [2.05, 4.69) is 24.8 Å². The molecule has 0 fully saturated rings. The molecule has 0 aliphatic heterocycles. The Morgan fingerprint density at radius 2 is 2.12 bits per heavy atom. The van der Waals surface area contributed by atoms with Crippen molar-refractivity contribution in [3.8, 4) is 0 Å². The lowest BCUT2D eigenvalue weighted by Crippen LogP contribution is -2.33. The van der Waals surface area contributed by atoms with Crippen LogP contribution in [0, 0.1) is 6.92 Å². The van der Waals surface area contributed by atoms with E-state index in [4.69, 9.17) is 4.74 Å². The topological polar surface area (TPSA) is 29.5 Å². The van der Waals surface area contributed by atoms with Crippen molar-refractivity contribution < 1.29 is 9.53 Å². The van der Waals surface area contributed by atoms with Crippen molar-refractivity contribution >= 4 is 12.0 Å². The number of carbonyl (C=O) groups excluding carboxylic acids is 1. The summed E-state index contributed by atoms with van der Waals surface area (Å²) in [6, 6.07) is 6.33. The fraction of sp³-hybridized carbons (Fsp3) is 0.500. The Morgan fingerprint density at radius 1 is 1.41 bits per heavy atom. The lowest BCUT2D eigenvalue weighted by atomic mass is 10.1. The third-order valence-electron chi connectivity index (χ3n) is 2.87. The fourth-order valence-corrected chi connectivity index (χ4v) is 1.85. The van der Waals surface area contributed by atoms with Gasteiger partial charge in [-0.3, -0.25) is 4.79 Å². The molecule has 0 atom stereocenters. The number of carbonyl (C=O) groups is 1. The summed E-state index contributed by atoms with van der Waals surface area (Å²) in [5.41, 5.74) is 2.91. The molecule has 1 aromatic rings. The van der Waals surface area contributed by atoms with Gasteiger partial charge in [0.05, 0.1) is 6.61 Å². The molecule has 0 unspecified atom stereocenters. The van der Waals surface area contributed by atoms with Gasteiger partial charge >= 0.3 is 0 Å². The first kappa shape index (κ1) is 13.7. The van der Waals surface area contributed by atoms with E-state index < -0.39 is 0 Å². The number of benzene rings is 1. The molecule has 0 aromatic heterocycles. The highest BCUT2D eigenvalue weighted by Gasteiger charge is 2.11. The van der Waals surface area contributed by atoms with Gasteiger partial charge in [-0.1, -0.05) is 0 Å². The molecule has 0 N–H and O–H groups in total. The first-order chi connectivity index (χ1) is 8.10.